The van der Waals surface area contributed by atoms with E-state index in [9.17, 15) is 26.4 Å². The first-order valence-electron chi connectivity index (χ1n) is 6.45. The molecule has 1 N–H and O–H groups in total. The lowest BCUT2D eigenvalue weighted by Crippen LogP contribution is -2.31. The molecule has 0 heterocycles. The first kappa shape index (κ1) is 19.4. The zero-order chi connectivity index (χ0) is 17.8. The van der Waals surface area contributed by atoms with E-state index in [1.807, 2.05) is 0 Å². The number of nitrogens with one attached hydrogen (secondary N) is 1. The highest BCUT2D eigenvalue weighted by atomic mass is 32.2. The van der Waals surface area contributed by atoms with Crippen LogP contribution in [0.25, 0.3) is 0 Å². The number of alkyl halides is 3. The van der Waals surface area contributed by atoms with Gasteiger partial charge in [0.1, 0.15) is 12.7 Å². The normalized spacial score (nSPS) is 13.9. The Kier molecular flexibility index (Phi) is 6.14. The summed E-state index contributed by atoms with van der Waals surface area (Å²) in [6.07, 6.45) is -5.82. The summed E-state index contributed by atoms with van der Waals surface area (Å²) in [6.45, 7) is -0.340. The van der Waals surface area contributed by atoms with E-state index in [0.29, 0.717) is 0 Å². The molecule has 23 heavy (non-hydrogen) atoms. The number of benzene rings is 1. The Morgan fingerprint density at radius 2 is 1.78 bits per heavy atom. The lowest BCUT2D eigenvalue weighted by molar-refractivity contribution is -0.184. The highest BCUT2D eigenvalue weighted by Crippen LogP contribution is 2.18. The zero-order valence-electron chi connectivity index (χ0n) is 12.7. The number of anilines is 1. The molecule has 0 aromatic heterocycles. The summed E-state index contributed by atoms with van der Waals surface area (Å²) in [5.41, 5.74) is 0.246. The van der Waals surface area contributed by atoms with Crippen molar-refractivity contribution in [3.63, 3.8) is 0 Å². The van der Waals surface area contributed by atoms with Gasteiger partial charge in [0.2, 0.25) is 10.0 Å². The van der Waals surface area contributed by atoms with E-state index in [0.717, 1.165) is 4.31 Å². The van der Waals surface area contributed by atoms with E-state index in [2.05, 4.69) is 10.1 Å². The molecule has 1 amide bonds. The molecule has 1 rings (SSSR count). The summed E-state index contributed by atoms with van der Waals surface area (Å²) >= 11 is 0. The molecule has 6 nitrogen and oxygen atoms in total. The van der Waals surface area contributed by atoms with Gasteiger partial charge in [0.05, 0.1) is 4.90 Å². The third kappa shape index (κ3) is 5.81. The van der Waals surface area contributed by atoms with Crippen LogP contribution in [0.15, 0.2) is 29.2 Å². The van der Waals surface area contributed by atoms with Crippen molar-refractivity contribution in [3.05, 3.63) is 24.3 Å². The third-order valence-electron chi connectivity index (χ3n) is 2.77. The molecular weight excluding hydrogens is 337 g/mol. The number of amides is 1. The number of nitrogens with zero attached hydrogens (tertiary/aromatic N) is 1. The SMILES string of the molecule is CC(OCC(F)(F)F)C(=O)Nc1ccc(S(=O)(=O)N(C)C)cc1. The Hall–Kier alpha value is -1.65. The minimum atomic E-state index is -4.52. The van der Waals surface area contributed by atoms with Gasteiger partial charge >= 0.3 is 6.18 Å². The van der Waals surface area contributed by atoms with Crippen LogP contribution in [0.4, 0.5) is 18.9 Å². The summed E-state index contributed by atoms with van der Waals surface area (Å²) < 4.78 is 65.2. The quantitative estimate of drug-likeness (QED) is 0.846. The van der Waals surface area contributed by atoms with Gasteiger partial charge in [0.15, 0.2) is 0 Å². The summed E-state index contributed by atoms with van der Waals surface area (Å²) in [6, 6.07) is 5.24. The van der Waals surface area contributed by atoms with E-state index < -0.39 is 34.8 Å². The van der Waals surface area contributed by atoms with Gasteiger partial charge in [-0.1, -0.05) is 0 Å². The molecule has 0 saturated carbocycles. The van der Waals surface area contributed by atoms with Gasteiger partial charge in [-0.3, -0.25) is 4.79 Å². The Balaban J connectivity index is 2.70. The second kappa shape index (κ2) is 7.28. The minimum Gasteiger partial charge on any atom is -0.359 e. The van der Waals surface area contributed by atoms with Crippen LogP contribution in [0.3, 0.4) is 0 Å². The van der Waals surface area contributed by atoms with Crippen LogP contribution < -0.4 is 5.32 Å². The van der Waals surface area contributed by atoms with Crippen LogP contribution in [-0.2, 0) is 19.6 Å². The highest BCUT2D eigenvalue weighted by Gasteiger charge is 2.30. The maximum atomic E-state index is 12.0. The zero-order valence-corrected chi connectivity index (χ0v) is 13.5. The van der Waals surface area contributed by atoms with Crippen molar-refractivity contribution in [2.75, 3.05) is 26.0 Å². The van der Waals surface area contributed by atoms with Gasteiger partial charge in [-0.2, -0.15) is 13.2 Å². The Labute approximate surface area is 132 Å². The first-order valence-corrected chi connectivity index (χ1v) is 7.89. The molecule has 0 aliphatic carbocycles. The van der Waals surface area contributed by atoms with E-state index in [1.54, 1.807) is 0 Å². The van der Waals surface area contributed by atoms with Crippen molar-refractivity contribution in [2.24, 2.45) is 0 Å². The van der Waals surface area contributed by atoms with E-state index in [1.165, 1.54) is 45.3 Å². The summed E-state index contributed by atoms with van der Waals surface area (Å²) in [5, 5.41) is 2.35. The highest BCUT2D eigenvalue weighted by molar-refractivity contribution is 7.89. The van der Waals surface area contributed by atoms with Crippen molar-refractivity contribution >= 4 is 21.6 Å². The largest absolute Gasteiger partial charge is 0.411 e. The van der Waals surface area contributed by atoms with E-state index >= 15 is 0 Å². The fourth-order valence-electron chi connectivity index (χ4n) is 1.46. The van der Waals surface area contributed by atoms with Crippen LogP contribution in [-0.4, -0.2) is 51.6 Å². The number of rotatable bonds is 6. The molecule has 10 heteroatoms. The van der Waals surface area contributed by atoms with Gasteiger partial charge < -0.3 is 10.1 Å². The number of hydrogen-bond donors (Lipinski definition) is 1. The fourth-order valence-corrected chi connectivity index (χ4v) is 2.36. The van der Waals surface area contributed by atoms with Crippen molar-refractivity contribution in [2.45, 2.75) is 24.1 Å². The van der Waals surface area contributed by atoms with Gasteiger partial charge in [-0.15, -0.1) is 0 Å². The van der Waals surface area contributed by atoms with Crippen LogP contribution in [0.2, 0.25) is 0 Å². The Morgan fingerprint density at radius 3 is 2.22 bits per heavy atom. The molecular formula is C13H17F3N2O4S. The van der Waals surface area contributed by atoms with E-state index in [4.69, 9.17) is 0 Å². The monoisotopic (exact) mass is 354 g/mol. The van der Waals surface area contributed by atoms with Crippen molar-refractivity contribution in [1.82, 2.24) is 4.31 Å². The smallest absolute Gasteiger partial charge is 0.359 e. The summed E-state index contributed by atoms with van der Waals surface area (Å²) in [7, 11) is -0.833. The number of hydrogen-bond acceptors (Lipinski definition) is 4. The number of ether oxygens (including phenoxy) is 1. The van der Waals surface area contributed by atoms with Gasteiger partial charge in [0, 0.05) is 19.8 Å². The van der Waals surface area contributed by atoms with Crippen molar-refractivity contribution in [3.8, 4) is 0 Å². The van der Waals surface area contributed by atoms with Crippen LogP contribution in [0, 0.1) is 0 Å². The number of carbonyl (C=O) groups is 1. The average Bonchev–Trinajstić information content (AvgIpc) is 2.44. The average molecular weight is 354 g/mol. The van der Waals surface area contributed by atoms with Gasteiger partial charge in [-0.25, -0.2) is 12.7 Å². The van der Waals surface area contributed by atoms with Gasteiger partial charge in [0.25, 0.3) is 5.91 Å². The molecule has 0 aliphatic heterocycles. The minimum absolute atomic E-state index is 0.0295. The lowest BCUT2D eigenvalue weighted by atomic mass is 10.3. The van der Waals surface area contributed by atoms with Crippen molar-refractivity contribution in [1.29, 1.82) is 0 Å². The maximum Gasteiger partial charge on any atom is 0.411 e. The molecule has 0 radical (unpaired) electrons. The number of carbonyl (C=O) groups excluding carboxylic acids is 1. The number of halogens is 3. The molecule has 1 aromatic rings. The molecule has 0 saturated heterocycles. The predicted octanol–water partition coefficient (Wildman–Crippen LogP) is 1.84. The van der Waals surface area contributed by atoms with Crippen LogP contribution in [0.5, 0.6) is 0 Å². The summed E-state index contributed by atoms with van der Waals surface area (Å²) in [4.78, 5) is 11.7. The third-order valence-corrected chi connectivity index (χ3v) is 4.60. The van der Waals surface area contributed by atoms with Crippen LogP contribution in [0.1, 0.15) is 6.92 Å². The fraction of sp³-hybridized carbons (Fsp3) is 0.462. The Bertz CT molecular complexity index is 642. The Morgan fingerprint density at radius 1 is 1.26 bits per heavy atom. The molecule has 0 bridgehead atoms. The second-order valence-electron chi connectivity index (χ2n) is 4.87. The van der Waals surface area contributed by atoms with Crippen LogP contribution >= 0.6 is 0 Å². The van der Waals surface area contributed by atoms with E-state index in [-0.39, 0.29) is 10.6 Å². The lowest BCUT2D eigenvalue weighted by Gasteiger charge is -2.15. The molecule has 0 aliphatic rings. The molecule has 130 valence electrons. The second-order valence-corrected chi connectivity index (χ2v) is 7.02. The molecule has 0 spiro atoms. The predicted molar refractivity (Wildman–Crippen MR) is 77.4 cm³/mol. The molecule has 0 fully saturated rings. The standard InChI is InChI=1S/C13H17F3N2O4S/c1-9(22-8-13(14,15)16)12(19)17-10-4-6-11(7-5-10)23(20,21)18(2)3/h4-7,9H,8H2,1-3H3,(H,17,19). The van der Waals surface area contributed by atoms with Crippen molar-refractivity contribution < 1.29 is 31.1 Å². The topological polar surface area (TPSA) is 75.7 Å². The first-order chi connectivity index (χ1) is 10.4. The molecule has 1 atom stereocenters. The van der Waals surface area contributed by atoms with Gasteiger partial charge in [-0.05, 0) is 31.2 Å². The molecule has 1 aromatic carbocycles. The maximum absolute atomic E-state index is 12.0. The molecule has 1 unspecified atom stereocenters. The number of sulfonamides is 1. The summed E-state index contributed by atoms with van der Waals surface area (Å²) in [5.74, 6) is -0.766.